The molecule has 0 aromatic heterocycles. The Bertz CT molecular complexity index is 479. The molecule has 152 valence electrons. The zero-order chi connectivity index (χ0) is 20.9. The zero-order valence-corrected chi connectivity index (χ0v) is 14.1. The minimum atomic E-state index is -7.30. The van der Waals surface area contributed by atoms with Gasteiger partial charge in [0.05, 0.1) is 0 Å². The molecule has 0 N–H and O–H groups in total. The third-order valence-electron chi connectivity index (χ3n) is 2.97. The average molecular weight is 461 g/mol. The van der Waals surface area contributed by atoms with Crippen LogP contribution in [0.5, 0.6) is 0 Å². The van der Waals surface area contributed by atoms with Gasteiger partial charge in [0.15, 0.2) is 0 Å². The number of rotatable bonds is 7. The molecular formula is C9H7Cl2F13Si. The van der Waals surface area contributed by atoms with Gasteiger partial charge >= 0.3 is 42.1 Å². The van der Waals surface area contributed by atoms with Crippen molar-refractivity contribution < 1.29 is 57.1 Å². The molecule has 0 saturated carbocycles. The summed E-state index contributed by atoms with van der Waals surface area (Å²) < 4.78 is 167. The van der Waals surface area contributed by atoms with Gasteiger partial charge in [0.1, 0.15) is 0 Å². The first-order chi connectivity index (χ1) is 10.5. The van der Waals surface area contributed by atoms with Crippen molar-refractivity contribution in [1.29, 1.82) is 0 Å². The fourth-order valence-corrected chi connectivity index (χ4v) is 2.79. The Balaban J connectivity index is 5.76. The highest BCUT2D eigenvalue weighted by molar-refractivity contribution is 7.46. The van der Waals surface area contributed by atoms with E-state index in [0.717, 1.165) is 0 Å². The highest BCUT2D eigenvalue weighted by Gasteiger charge is 2.85. The lowest BCUT2D eigenvalue weighted by atomic mass is 9.94. The van der Waals surface area contributed by atoms with Crippen LogP contribution in [0.25, 0.3) is 0 Å². The van der Waals surface area contributed by atoms with Gasteiger partial charge in [-0.2, -0.15) is 57.1 Å². The lowest BCUT2D eigenvalue weighted by Crippen LogP contribution is -2.66. The van der Waals surface area contributed by atoms with Crippen molar-refractivity contribution in [2.45, 2.75) is 54.8 Å². The van der Waals surface area contributed by atoms with E-state index in [1.807, 2.05) is 0 Å². The predicted octanol–water partition coefficient (Wildman–Crippen LogP) is 6.59. The predicted molar refractivity (Wildman–Crippen MR) is 63.3 cm³/mol. The van der Waals surface area contributed by atoms with Crippen LogP contribution in [0, 0.1) is 0 Å². The minimum absolute atomic E-state index is 0.922. The molecule has 0 amide bonds. The van der Waals surface area contributed by atoms with Crippen LogP contribution in [0.2, 0.25) is 6.04 Å². The van der Waals surface area contributed by atoms with Crippen molar-refractivity contribution in [2.75, 3.05) is 0 Å². The van der Waals surface area contributed by atoms with E-state index < -0.39 is 61.5 Å². The summed E-state index contributed by atoms with van der Waals surface area (Å²) in [7, 11) is 0. The monoisotopic (exact) mass is 460 g/mol. The van der Waals surface area contributed by atoms with E-state index in [4.69, 9.17) is 22.2 Å². The summed E-state index contributed by atoms with van der Waals surface area (Å²) in [6, 6.07) is -2.17. The Morgan fingerprint density at radius 1 is 0.640 bits per heavy atom. The van der Waals surface area contributed by atoms with Crippen LogP contribution < -0.4 is 0 Å². The second kappa shape index (κ2) is 6.50. The molecule has 0 aliphatic rings. The van der Waals surface area contributed by atoms with Crippen molar-refractivity contribution in [3.63, 3.8) is 0 Å². The standard InChI is InChI=1S/C9H7Cl2F13Si/c1-4(12,13)6(16,17)8(20,21)7(18,19)5(14,15)2-3-25(10,11)9(22,23)24/h2-3H2,1H3. The minimum Gasteiger partial charge on any atom is -0.200 e. The van der Waals surface area contributed by atoms with Gasteiger partial charge in [-0.3, -0.25) is 0 Å². The van der Waals surface area contributed by atoms with Crippen molar-refractivity contribution in [2.24, 2.45) is 0 Å². The van der Waals surface area contributed by atoms with Gasteiger partial charge in [-0.1, -0.05) is 0 Å². The average Bonchev–Trinajstić information content (AvgIpc) is 2.33. The van der Waals surface area contributed by atoms with E-state index in [2.05, 4.69) is 0 Å². The van der Waals surface area contributed by atoms with Crippen molar-refractivity contribution in [1.82, 2.24) is 0 Å². The van der Waals surface area contributed by atoms with E-state index in [1.165, 1.54) is 0 Å². The van der Waals surface area contributed by atoms with Crippen molar-refractivity contribution in [3.05, 3.63) is 0 Å². The fraction of sp³-hybridized carbons (Fsp3) is 1.00. The van der Waals surface area contributed by atoms with Gasteiger partial charge < -0.3 is 0 Å². The summed E-state index contributed by atoms with van der Waals surface area (Å²) in [4.78, 5) is 0. The van der Waals surface area contributed by atoms with Crippen LogP contribution in [0.15, 0.2) is 0 Å². The molecule has 0 saturated heterocycles. The lowest BCUT2D eigenvalue weighted by Gasteiger charge is -2.39. The van der Waals surface area contributed by atoms with Crippen LogP contribution in [-0.2, 0) is 0 Å². The first-order valence-electron chi connectivity index (χ1n) is 5.79. The van der Waals surface area contributed by atoms with Gasteiger partial charge in [-0.15, -0.1) is 22.2 Å². The summed E-state index contributed by atoms with van der Waals surface area (Å²) in [5.74, 6) is -39.0. The molecule has 0 aromatic carbocycles. The Morgan fingerprint density at radius 3 is 1.28 bits per heavy atom. The number of alkyl halides is 13. The molecule has 25 heavy (non-hydrogen) atoms. The second-order valence-corrected chi connectivity index (χ2v) is 11.9. The highest BCUT2D eigenvalue weighted by Crippen LogP contribution is 2.58. The van der Waals surface area contributed by atoms with Crippen LogP contribution in [-0.4, -0.2) is 42.1 Å². The first-order valence-corrected chi connectivity index (χ1v) is 10.0. The molecule has 0 radical (unpaired) electrons. The fourth-order valence-electron chi connectivity index (χ4n) is 1.32. The van der Waals surface area contributed by atoms with E-state index >= 15 is 0 Å². The van der Waals surface area contributed by atoms with E-state index in [-0.39, 0.29) is 0 Å². The molecule has 0 atom stereocenters. The smallest absolute Gasteiger partial charge is 0.200 e. The summed E-state index contributed by atoms with van der Waals surface area (Å²) in [5.41, 5.74) is 0. The maximum Gasteiger partial charge on any atom is 0.393 e. The summed E-state index contributed by atoms with van der Waals surface area (Å²) in [6.45, 7) is -6.61. The third-order valence-corrected chi connectivity index (χ3v) is 7.09. The van der Waals surface area contributed by atoms with Crippen molar-refractivity contribution >= 4 is 28.9 Å². The molecule has 16 heteroatoms. The third kappa shape index (κ3) is 4.25. The molecule has 0 spiro atoms. The molecule has 0 bridgehead atoms. The van der Waals surface area contributed by atoms with E-state index in [1.54, 1.807) is 0 Å². The van der Waals surface area contributed by atoms with E-state index in [9.17, 15) is 57.1 Å². The summed E-state index contributed by atoms with van der Waals surface area (Å²) in [6.07, 6.45) is -2.79. The van der Waals surface area contributed by atoms with Crippen LogP contribution in [0.4, 0.5) is 57.1 Å². The molecular weight excluding hydrogens is 454 g/mol. The van der Waals surface area contributed by atoms with E-state index in [0.29, 0.717) is 0 Å². The molecule has 0 heterocycles. The summed E-state index contributed by atoms with van der Waals surface area (Å²) in [5, 5.41) is 0. The Morgan fingerprint density at radius 2 is 1.00 bits per heavy atom. The molecule has 0 fully saturated rings. The maximum atomic E-state index is 13.3. The van der Waals surface area contributed by atoms with Gasteiger partial charge in [0, 0.05) is 13.3 Å². The second-order valence-electron chi connectivity index (χ2n) is 5.02. The van der Waals surface area contributed by atoms with Gasteiger partial charge in [0.25, 0.3) is 0 Å². The molecule has 0 aliphatic carbocycles. The largest absolute Gasteiger partial charge is 0.393 e. The van der Waals surface area contributed by atoms with Crippen LogP contribution in [0.3, 0.4) is 0 Å². The van der Waals surface area contributed by atoms with Crippen molar-refractivity contribution in [3.8, 4) is 0 Å². The maximum absolute atomic E-state index is 13.3. The first kappa shape index (κ1) is 24.9. The zero-order valence-electron chi connectivity index (χ0n) is 11.6. The van der Waals surface area contributed by atoms with Crippen LogP contribution >= 0.6 is 22.2 Å². The number of hydrogen-bond donors (Lipinski definition) is 0. The molecule has 0 nitrogen and oxygen atoms in total. The highest BCUT2D eigenvalue weighted by atomic mass is 35.7. The molecule has 0 rings (SSSR count). The quantitative estimate of drug-likeness (QED) is 0.228. The molecule has 0 aliphatic heterocycles. The number of hydrogen-bond acceptors (Lipinski definition) is 0. The van der Waals surface area contributed by atoms with Crippen LogP contribution in [0.1, 0.15) is 13.3 Å². The topological polar surface area (TPSA) is 0 Å². The van der Waals surface area contributed by atoms with Gasteiger partial charge in [-0.05, 0) is 6.04 Å². The normalized spacial score (nSPS) is 16.3. The Labute approximate surface area is 141 Å². The Hall–Kier alpha value is -0.113. The SMILES string of the molecule is CC(F)(F)C(F)(F)C(F)(F)C(F)(F)C(F)(F)CC[Si](Cl)(Cl)C(F)(F)F. The molecule has 0 aromatic rings. The van der Waals surface area contributed by atoms with Gasteiger partial charge in [0.2, 0.25) is 0 Å². The number of halogens is 15. The Kier molecular flexibility index (Phi) is 6.47. The lowest BCUT2D eigenvalue weighted by molar-refractivity contribution is -0.398. The van der Waals surface area contributed by atoms with Gasteiger partial charge in [-0.25, -0.2) is 0 Å². The summed E-state index contributed by atoms with van der Waals surface area (Å²) >= 11 is 9.38. The molecule has 0 unspecified atom stereocenters.